The van der Waals surface area contributed by atoms with Gasteiger partial charge >= 0.3 is 0 Å². The molecule has 32 heavy (non-hydrogen) atoms. The molecule has 6 heteroatoms. The fraction of sp³-hybridized carbons (Fsp3) is 0.346. The van der Waals surface area contributed by atoms with Crippen LogP contribution in [0.25, 0.3) is 5.57 Å². The Kier molecular flexibility index (Phi) is 4.93. The lowest BCUT2D eigenvalue weighted by Crippen LogP contribution is -2.30. The summed E-state index contributed by atoms with van der Waals surface area (Å²) in [6.07, 6.45) is 6.53. The molecule has 0 bridgehead atoms. The van der Waals surface area contributed by atoms with E-state index in [1.807, 2.05) is 13.0 Å². The number of fused-ring (bicyclic) bond motifs is 1. The normalized spacial score (nSPS) is 18.2. The average molecular weight is 466 g/mol. The Hall–Kier alpha value is -2.15. The molecule has 2 aromatic carbocycles. The summed E-state index contributed by atoms with van der Waals surface area (Å²) in [5, 5.41) is 11.5. The maximum absolute atomic E-state index is 13.3. The highest BCUT2D eigenvalue weighted by molar-refractivity contribution is 8.01. The van der Waals surface area contributed by atoms with E-state index in [1.54, 1.807) is 35.2 Å². The van der Waals surface area contributed by atoms with Gasteiger partial charge in [-0.25, -0.2) is 9.37 Å². The summed E-state index contributed by atoms with van der Waals surface area (Å²) in [4.78, 5) is 6.94. The Morgan fingerprint density at radius 2 is 1.81 bits per heavy atom. The number of halogens is 1. The van der Waals surface area contributed by atoms with Crippen molar-refractivity contribution in [3.05, 3.63) is 76.1 Å². The van der Waals surface area contributed by atoms with Crippen LogP contribution in [-0.2, 0) is 5.60 Å². The molecule has 0 saturated heterocycles. The highest BCUT2D eigenvalue weighted by Crippen LogP contribution is 2.59. The second-order valence-corrected chi connectivity index (χ2v) is 11.3. The van der Waals surface area contributed by atoms with Crippen LogP contribution in [0, 0.1) is 24.6 Å². The topological polar surface area (TPSA) is 42.4 Å². The van der Waals surface area contributed by atoms with Crippen LogP contribution < -0.4 is 4.74 Å². The molecule has 1 aromatic heterocycles. The molecule has 2 saturated carbocycles. The van der Waals surface area contributed by atoms with Crippen LogP contribution in [0.1, 0.15) is 47.4 Å². The summed E-state index contributed by atoms with van der Waals surface area (Å²) in [5.74, 6) is 1.40. The Labute approximate surface area is 195 Å². The number of nitrogens with zero attached hydrogens (tertiary/aromatic N) is 1. The van der Waals surface area contributed by atoms with Crippen molar-refractivity contribution < 1.29 is 14.2 Å². The van der Waals surface area contributed by atoms with Crippen LogP contribution in [0.4, 0.5) is 4.39 Å². The van der Waals surface area contributed by atoms with E-state index < -0.39 is 5.60 Å². The molecule has 2 aliphatic carbocycles. The molecular weight excluding hydrogens is 441 g/mol. The standard InChI is InChI=1S/C26H24FNO2S2/c1-15-24(26(29,17-4-5-17)18-6-7-18)32-25(28-15)31-20-10-11-22-21(12-13-30-23(22)14-20)16-2-8-19(27)9-3-16/h2-3,8-12,14,17-18,29H,4-7,13H2,1H3. The van der Waals surface area contributed by atoms with Crippen LogP contribution in [0.3, 0.4) is 0 Å². The van der Waals surface area contributed by atoms with Gasteiger partial charge in [-0.05, 0) is 92.0 Å². The molecule has 1 aliphatic heterocycles. The number of benzene rings is 2. The van der Waals surface area contributed by atoms with E-state index in [9.17, 15) is 9.50 Å². The minimum atomic E-state index is -0.672. The minimum absolute atomic E-state index is 0.234. The minimum Gasteiger partial charge on any atom is -0.489 e. The summed E-state index contributed by atoms with van der Waals surface area (Å²) in [7, 11) is 0. The highest BCUT2D eigenvalue weighted by atomic mass is 32.2. The first kappa shape index (κ1) is 20.5. The molecule has 2 fully saturated rings. The van der Waals surface area contributed by atoms with E-state index in [1.165, 1.54) is 12.1 Å². The van der Waals surface area contributed by atoms with Crippen LogP contribution in [0.2, 0.25) is 0 Å². The summed E-state index contributed by atoms with van der Waals surface area (Å²) in [6, 6.07) is 12.8. The van der Waals surface area contributed by atoms with Crippen molar-refractivity contribution in [2.75, 3.05) is 6.61 Å². The van der Waals surface area contributed by atoms with Gasteiger partial charge in [0.25, 0.3) is 0 Å². The molecule has 2 heterocycles. The predicted molar refractivity (Wildman–Crippen MR) is 126 cm³/mol. The Balaban J connectivity index is 1.27. The second kappa shape index (κ2) is 7.72. The third kappa shape index (κ3) is 3.58. The summed E-state index contributed by atoms with van der Waals surface area (Å²) < 4.78 is 20.2. The Morgan fingerprint density at radius 1 is 1.09 bits per heavy atom. The SMILES string of the molecule is Cc1nc(Sc2ccc3c(c2)OCC=C3c2ccc(F)cc2)sc1C(O)(C1CC1)C1CC1. The van der Waals surface area contributed by atoms with Crippen LogP contribution in [0.15, 0.2) is 57.8 Å². The largest absolute Gasteiger partial charge is 0.489 e. The summed E-state index contributed by atoms with van der Waals surface area (Å²) >= 11 is 3.27. The zero-order chi connectivity index (χ0) is 21.9. The van der Waals surface area contributed by atoms with Crippen LogP contribution in [0.5, 0.6) is 5.75 Å². The van der Waals surface area contributed by atoms with Gasteiger partial charge in [0.05, 0.1) is 10.6 Å². The van der Waals surface area contributed by atoms with Crippen molar-refractivity contribution in [1.82, 2.24) is 4.98 Å². The molecular formula is C26H24FNO2S2. The van der Waals surface area contributed by atoms with Crippen molar-refractivity contribution in [1.29, 1.82) is 0 Å². The van der Waals surface area contributed by atoms with E-state index in [-0.39, 0.29) is 5.82 Å². The maximum Gasteiger partial charge on any atom is 0.155 e. The van der Waals surface area contributed by atoms with Crippen LogP contribution >= 0.6 is 23.1 Å². The molecule has 0 spiro atoms. The van der Waals surface area contributed by atoms with E-state index in [0.717, 1.165) is 67.9 Å². The van der Waals surface area contributed by atoms with Gasteiger partial charge in [-0.3, -0.25) is 0 Å². The second-order valence-electron chi connectivity index (χ2n) is 8.96. The molecule has 0 atom stereocenters. The summed E-state index contributed by atoms with van der Waals surface area (Å²) in [6.45, 7) is 2.52. The van der Waals surface area contributed by atoms with Gasteiger partial charge in [0, 0.05) is 10.5 Å². The Morgan fingerprint density at radius 3 is 2.50 bits per heavy atom. The zero-order valence-electron chi connectivity index (χ0n) is 17.8. The lowest BCUT2D eigenvalue weighted by atomic mass is 9.89. The average Bonchev–Trinajstić information content (AvgIpc) is 3.70. The number of ether oxygens (including phenoxy) is 1. The molecule has 3 nitrogen and oxygen atoms in total. The molecule has 0 unspecified atom stereocenters. The van der Waals surface area contributed by atoms with Gasteiger partial charge in [0.2, 0.25) is 0 Å². The lowest BCUT2D eigenvalue weighted by Gasteiger charge is -2.27. The fourth-order valence-corrected chi connectivity index (χ4v) is 7.21. The molecule has 0 amide bonds. The van der Waals surface area contributed by atoms with Crippen LogP contribution in [-0.4, -0.2) is 16.7 Å². The third-order valence-electron chi connectivity index (χ3n) is 6.67. The number of aromatic nitrogens is 1. The lowest BCUT2D eigenvalue weighted by molar-refractivity contribution is -0.00736. The number of aryl methyl sites for hydroxylation is 1. The van der Waals surface area contributed by atoms with Gasteiger partial charge in [0.1, 0.15) is 23.8 Å². The van der Waals surface area contributed by atoms with Gasteiger partial charge in [0.15, 0.2) is 4.34 Å². The van der Waals surface area contributed by atoms with E-state index in [0.29, 0.717) is 18.4 Å². The van der Waals surface area contributed by atoms with Crippen molar-refractivity contribution in [2.24, 2.45) is 11.8 Å². The number of hydrogen-bond acceptors (Lipinski definition) is 5. The van der Waals surface area contributed by atoms with Gasteiger partial charge < -0.3 is 9.84 Å². The molecule has 1 N–H and O–H groups in total. The van der Waals surface area contributed by atoms with Crippen molar-refractivity contribution in [2.45, 2.75) is 47.4 Å². The van der Waals surface area contributed by atoms with Gasteiger partial charge in [-0.1, -0.05) is 23.9 Å². The van der Waals surface area contributed by atoms with Crippen molar-refractivity contribution in [3.8, 4) is 5.75 Å². The molecule has 3 aromatic rings. The number of rotatable bonds is 6. The van der Waals surface area contributed by atoms with E-state index in [2.05, 4.69) is 18.2 Å². The molecule has 164 valence electrons. The van der Waals surface area contributed by atoms with Gasteiger partial charge in [-0.15, -0.1) is 11.3 Å². The molecule has 6 rings (SSSR count). The maximum atomic E-state index is 13.3. The Bertz CT molecular complexity index is 1200. The first-order valence-corrected chi connectivity index (χ1v) is 12.8. The van der Waals surface area contributed by atoms with E-state index >= 15 is 0 Å². The third-order valence-corrected chi connectivity index (χ3v) is 9.02. The number of aliphatic hydroxyl groups is 1. The molecule has 0 radical (unpaired) electrons. The highest BCUT2D eigenvalue weighted by Gasteiger charge is 2.55. The molecule has 3 aliphatic rings. The first-order chi connectivity index (χ1) is 15.5. The summed E-state index contributed by atoms with van der Waals surface area (Å²) in [5.41, 5.74) is 3.36. The van der Waals surface area contributed by atoms with Crippen molar-refractivity contribution in [3.63, 3.8) is 0 Å². The van der Waals surface area contributed by atoms with Gasteiger partial charge in [-0.2, -0.15) is 0 Å². The first-order valence-electron chi connectivity index (χ1n) is 11.1. The van der Waals surface area contributed by atoms with Crippen molar-refractivity contribution >= 4 is 28.7 Å². The monoisotopic (exact) mass is 465 g/mol. The number of hydrogen-bond donors (Lipinski definition) is 1. The smallest absolute Gasteiger partial charge is 0.155 e. The van der Waals surface area contributed by atoms with E-state index in [4.69, 9.17) is 9.72 Å². The quantitative estimate of drug-likeness (QED) is 0.447. The number of thiazole rings is 1. The predicted octanol–water partition coefficient (Wildman–Crippen LogP) is 6.57. The fourth-order valence-electron chi connectivity index (χ4n) is 4.77. The zero-order valence-corrected chi connectivity index (χ0v) is 19.4.